The average molecular weight is 218 g/mol. The van der Waals surface area contributed by atoms with E-state index in [9.17, 15) is 4.79 Å². The molecule has 3 nitrogen and oxygen atoms in total. The van der Waals surface area contributed by atoms with Gasteiger partial charge in [0.05, 0.1) is 0 Å². The number of aryl methyl sites for hydroxylation is 2. The smallest absolute Gasteiger partial charge is 0.251 e. The summed E-state index contributed by atoms with van der Waals surface area (Å²) >= 11 is 0. The highest BCUT2D eigenvalue weighted by molar-refractivity contribution is 5.94. The quantitative estimate of drug-likeness (QED) is 0.787. The van der Waals surface area contributed by atoms with Crippen molar-refractivity contribution in [3.8, 4) is 0 Å². The van der Waals surface area contributed by atoms with Crippen LogP contribution in [0.2, 0.25) is 0 Å². The van der Waals surface area contributed by atoms with Crippen LogP contribution in [0.3, 0.4) is 0 Å². The van der Waals surface area contributed by atoms with Gasteiger partial charge in [-0.2, -0.15) is 0 Å². The molecule has 1 aliphatic rings. The fourth-order valence-corrected chi connectivity index (χ4v) is 2.15. The summed E-state index contributed by atoms with van der Waals surface area (Å²) in [7, 11) is 0. The van der Waals surface area contributed by atoms with Gasteiger partial charge in [0.2, 0.25) is 0 Å². The predicted molar refractivity (Wildman–Crippen MR) is 64.7 cm³/mol. The second-order valence-electron chi connectivity index (χ2n) is 4.54. The van der Waals surface area contributed by atoms with Crippen molar-refractivity contribution < 1.29 is 4.79 Å². The lowest BCUT2D eigenvalue weighted by atomic mass is 10.1. The Balaban J connectivity index is 2.07. The lowest BCUT2D eigenvalue weighted by Crippen LogP contribution is -2.36. The first-order valence-corrected chi connectivity index (χ1v) is 5.75. The van der Waals surface area contributed by atoms with Crippen molar-refractivity contribution in [1.29, 1.82) is 0 Å². The highest BCUT2D eigenvalue weighted by atomic mass is 16.1. The molecule has 1 aliphatic heterocycles. The Bertz CT molecular complexity index is 375. The summed E-state index contributed by atoms with van der Waals surface area (Å²) < 4.78 is 0. The van der Waals surface area contributed by atoms with Gasteiger partial charge in [-0.3, -0.25) is 4.79 Å². The highest BCUT2D eigenvalue weighted by Gasteiger charge is 2.17. The molecule has 0 aromatic heterocycles. The van der Waals surface area contributed by atoms with Crippen LogP contribution in [-0.4, -0.2) is 25.0 Å². The van der Waals surface area contributed by atoms with E-state index in [-0.39, 0.29) is 11.9 Å². The topological polar surface area (TPSA) is 41.1 Å². The van der Waals surface area contributed by atoms with E-state index >= 15 is 0 Å². The molecule has 0 radical (unpaired) electrons. The van der Waals surface area contributed by atoms with E-state index in [2.05, 4.69) is 16.7 Å². The molecule has 16 heavy (non-hydrogen) atoms. The molecule has 0 spiro atoms. The summed E-state index contributed by atoms with van der Waals surface area (Å²) in [6.07, 6.45) is 1.02. The van der Waals surface area contributed by atoms with Gasteiger partial charge in [-0.1, -0.05) is 17.2 Å². The van der Waals surface area contributed by atoms with Crippen LogP contribution in [-0.2, 0) is 0 Å². The van der Waals surface area contributed by atoms with E-state index < -0.39 is 0 Å². The number of carbonyl (C=O) groups excluding carboxylic acids is 1. The maximum Gasteiger partial charge on any atom is 0.251 e. The Kier molecular flexibility index (Phi) is 3.25. The molecule has 0 saturated carbocycles. The molecule has 2 N–H and O–H groups in total. The van der Waals surface area contributed by atoms with E-state index in [0.717, 1.165) is 36.2 Å². The zero-order valence-electron chi connectivity index (χ0n) is 9.84. The molecule has 1 saturated heterocycles. The van der Waals surface area contributed by atoms with Crippen LogP contribution in [0.15, 0.2) is 18.2 Å². The Morgan fingerprint density at radius 1 is 1.31 bits per heavy atom. The summed E-state index contributed by atoms with van der Waals surface area (Å²) in [4.78, 5) is 12.0. The number of carbonyl (C=O) groups is 1. The molecule has 86 valence electrons. The van der Waals surface area contributed by atoms with Crippen molar-refractivity contribution in [3.05, 3.63) is 34.9 Å². The van der Waals surface area contributed by atoms with Gasteiger partial charge < -0.3 is 10.6 Å². The molecule has 2 rings (SSSR count). The van der Waals surface area contributed by atoms with E-state index in [0.29, 0.717) is 0 Å². The van der Waals surface area contributed by atoms with Crippen molar-refractivity contribution in [3.63, 3.8) is 0 Å². The number of amides is 1. The van der Waals surface area contributed by atoms with E-state index in [1.165, 1.54) is 0 Å². The van der Waals surface area contributed by atoms with Crippen LogP contribution in [0, 0.1) is 13.8 Å². The zero-order valence-corrected chi connectivity index (χ0v) is 9.84. The van der Waals surface area contributed by atoms with Crippen molar-refractivity contribution >= 4 is 5.91 Å². The predicted octanol–water partition coefficient (Wildman–Crippen LogP) is 1.40. The molecule has 1 aromatic carbocycles. The first-order valence-electron chi connectivity index (χ1n) is 5.75. The van der Waals surface area contributed by atoms with Crippen LogP contribution in [0.25, 0.3) is 0 Å². The van der Waals surface area contributed by atoms with Crippen LogP contribution in [0.5, 0.6) is 0 Å². The molecule has 1 fully saturated rings. The number of hydrogen-bond acceptors (Lipinski definition) is 2. The Morgan fingerprint density at radius 2 is 2.00 bits per heavy atom. The molecule has 0 aliphatic carbocycles. The summed E-state index contributed by atoms with van der Waals surface area (Å²) in [6, 6.07) is 6.23. The SMILES string of the molecule is Cc1cc(C)cc(C(=O)N[C@@H]2CCNC2)c1. The summed E-state index contributed by atoms with van der Waals surface area (Å²) in [5.74, 6) is 0.0421. The first-order chi connectivity index (χ1) is 7.65. The summed E-state index contributed by atoms with van der Waals surface area (Å²) in [5.41, 5.74) is 3.04. The maximum atomic E-state index is 12.0. The molecule has 1 amide bonds. The molecular formula is C13H18N2O. The zero-order chi connectivity index (χ0) is 11.5. The minimum absolute atomic E-state index is 0.0421. The average Bonchev–Trinajstić information content (AvgIpc) is 2.68. The van der Waals surface area contributed by atoms with Gasteiger partial charge in [-0.25, -0.2) is 0 Å². The van der Waals surface area contributed by atoms with Crippen LogP contribution >= 0.6 is 0 Å². The third-order valence-electron chi connectivity index (χ3n) is 2.88. The van der Waals surface area contributed by atoms with Gasteiger partial charge in [0.1, 0.15) is 0 Å². The van der Waals surface area contributed by atoms with Gasteiger partial charge in [0, 0.05) is 18.2 Å². The van der Waals surface area contributed by atoms with Gasteiger partial charge in [-0.15, -0.1) is 0 Å². The number of nitrogens with one attached hydrogen (secondary N) is 2. The van der Waals surface area contributed by atoms with Crippen molar-refractivity contribution in [2.45, 2.75) is 26.3 Å². The van der Waals surface area contributed by atoms with Crippen LogP contribution < -0.4 is 10.6 Å². The lowest BCUT2D eigenvalue weighted by Gasteiger charge is -2.12. The third kappa shape index (κ3) is 2.61. The molecule has 1 aromatic rings. The summed E-state index contributed by atoms with van der Waals surface area (Å²) in [6.45, 7) is 5.91. The fourth-order valence-electron chi connectivity index (χ4n) is 2.15. The van der Waals surface area contributed by atoms with E-state index in [1.807, 2.05) is 26.0 Å². The number of rotatable bonds is 2. The Morgan fingerprint density at radius 3 is 2.56 bits per heavy atom. The van der Waals surface area contributed by atoms with Crippen LogP contribution in [0.4, 0.5) is 0 Å². The standard InChI is InChI=1S/C13H18N2O/c1-9-5-10(2)7-11(6-9)13(16)15-12-3-4-14-8-12/h5-7,12,14H,3-4,8H2,1-2H3,(H,15,16)/t12-/m1/s1. The fraction of sp³-hybridized carbons (Fsp3) is 0.462. The monoisotopic (exact) mass is 218 g/mol. The van der Waals surface area contributed by atoms with Gasteiger partial charge in [0.15, 0.2) is 0 Å². The Hall–Kier alpha value is -1.35. The van der Waals surface area contributed by atoms with Crippen molar-refractivity contribution in [2.75, 3.05) is 13.1 Å². The van der Waals surface area contributed by atoms with Crippen molar-refractivity contribution in [1.82, 2.24) is 10.6 Å². The Labute approximate surface area is 96.2 Å². The third-order valence-corrected chi connectivity index (χ3v) is 2.88. The molecule has 1 heterocycles. The molecule has 0 unspecified atom stereocenters. The maximum absolute atomic E-state index is 12.0. The van der Waals surface area contributed by atoms with E-state index in [1.54, 1.807) is 0 Å². The number of benzene rings is 1. The van der Waals surface area contributed by atoms with Crippen LogP contribution in [0.1, 0.15) is 27.9 Å². The lowest BCUT2D eigenvalue weighted by molar-refractivity contribution is 0.0940. The number of hydrogen-bond donors (Lipinski definition) is 2. The van der Waals surface area contributed by atoms with Gasteiger partial charge >= 0.3 is 0 Å². The molecular weight excluding hydrogens is 200 g/mol. The van der Waals surface area contributed by atoms with Crippen molar-refractivity contribution in [2.24, 2.45) is 0 Å². The minimum Gasteiger partial charge on any atom is -0.348 e. The molecule has 3 heteroatoms. The highest BCUT2D eigenvalue weighted by Crippen LogP contribution is 2.09. The van der Waals surface area contributed by atoms with Gasteiger partial charge in [-0.05, 0) is 38.9 Å². The van der Waals surface area contributed by atoms with Gasteiger partial charge in [0.25, 0.3) is 5.91 Å². The normalized spacial score (nSPS) is 19.8. The second-order valence-corrected chi connectivity index (χ2v) is 4.54. The van der Waals surface area contributed by atoms with E-state index in [4.69, 9.17) is 0 Å². The molecule has 1 atom stereocenters. The molecule has 0 bridgehead atoms. The second kappa shape index (κ2) is 4.66. The largest absolute Gasteiger partial charge is 0.348 e. The first kappa shape index (κ1) is 11.1. The minimum atomic E-state index is 0.0421. The summed E-state index contributed by atoms with van der Waals surface area (Å²) in [5, 5.41) is 6.29.